The minimum Gasteiger partial charge on any atom is -0.492 e. The van der Waals surface area contributed by atoms with Crippen LogP contribution in [0.25, 0.3) is 0 Å². The number of thiophene rings is 1. The fraction of sp³-hybridized carbons (Fsp3) is 0.353. The van der Waals surface area contributed by atoms with Crippen molar-refractivity contribution in [3.05, 3.63) is 45.6 Å². The van der Waals surface area contributed by atoms with Crippen molar-refractivity contribution in [2.75, 3.05) is 37.7 Å². The number of carbonyl (C=O) groups excluding carboxylic acids is 1. The van der Waals surface area contributed by atoms with Crippen LogP contribution < -0.4 is 9.64 Å². The van der Waals surface area contributed by atoms with Gasteiger partial charge in [0.25, 0.3) is 5.91 Å². The third kappa shape index (κ3) is 3.62. The number of ether oxygens (including phenoxy) is 1. The van der Waals surface area contributed by atoms with Crippen LogP contribution in [0, 0.1) is 0 Å². The highest BCUT2D eigenvalue weighted by Gasteiger charge is 2.24. The van der Waals surface area contributed by atoms with Gasteiger partial charge in [-0.1, -0.05) is 23.7 Å². The maximum Gasteiger partial charge on any atom is 0.264 e. The van der Waals surface area contributed by atoms with Gasteiger partial charge in [0.2, 0.25) is 0 Å². The Kier molecular flexibility index (Phi) is 5.08. The molecular weight excluding hydrogens is 332 g/mol. The molecule has 0 unspecified atom stereocenters. The van der Waals surface area contributed by atoms with Crippen LogP contribution in [0.1, 0.15) is 16.6 Å². The first-order valence-electron chi connectivity index (χ1n) is 7.70. The van der Waals surface area contributed by atoms with Crippen molar-refractivity contribution in [3.8, 4) is 5.75 Å². The number of para-hydroxylation sites is 2. The van der Waals surface area contributed by atoms with Crippen LogP contribution in [0.4, 0.5) is 5.69 Å². The number of anilines is 1. The molecule has 4 nitrogen and oxygen atoms in total. The molecule has 3 rings (SSSR count). The maximum atomic E-state index is 12.5. The summed E-state index contributed by atoms with van der Waals surface area (Å²) in [5, 5.41) is 0. The molecule has 1 aromatic heterocycles. The normalized spacial score (nSPS) is 14.9. The van der Waals surface area contributed by atoms with Crippen LogP contribution >= 0.6 is 22.9 Å². The van der Waals surface area contributed by atoms with E-state index in [-0.39, 0.29) is 5.91 Å². The summed E-state index contributed by atoms with van der Waals surface area (Å²) < 4.78 is 6.35. The lowest BCUT2D eigenvalue weighted by atomic mass is 10.2. The molecule has 0 saturated carbocycles. The molecule has 1 amide bonds. The zero-order valence-electron chi connectivity index (χ0n) is 13.0. The Morgan fingerprint density at radius 1 is 1.17 bits per heavy atom. The van der Waals surface area contributed by atoms with E-state index >= 15 is 0 Å². The summed E-state index contributed by atoms with van der Waals surface area (Å²) in [4.78, 5) is 17.3. The van der Waals surface area contributed by atoms with Crippen LogP contribution in [0.5, 0.6) is 5.75 Å². The van der Waals surface area contributed by atoms with Crippen LogP contribution in [0.3, 0.4) is 0 Å². The van der Waals surface area contributed by atoms with Gasteiger partial charge in [-0.25, -0.2) is 0 Å². The molecule has 6 heteroatoms. The van der Waals surface area contributed by atoms with E-state index in [9.17, 15) is 4.79 Å². The van der Waals surface area contributed by atoms with Crippen molar-refractivity contribution >= 4 is 34.5 Å². The van der Waals surface area contributed by atoms with Crippen LogP contribution in [0.2, 0.25) is 4.34 Å². The lowest BCUT2D eigenvalue weighted by Gasteiger charge is -2.36. The molecule has 122 valence electrons. The summed E-state index contributed by atoms with van der Waals surface area (Å²) in [7, 11) is 0. The zero-order chi connectivity index (χ0) is 16.2. The molecule has 0 radical (unpaired) electrons. The third-order valence-electron chi connectivity index (χ3n) is 3.86. The van der Waals surface area contributed by atoms with Gasteiger partial charge in [0, 0.05) is 26.2 Å². The van der Waals surface area contributed by atoms with Crippen molar-refractivity contribution < 1.29 is 9.53 Å². The van der Waals surface area contributed by atoms with E-state index in [0.717, 1.165) is 24.5 Å². The molecule has 2 heterocycles. The average Bonchev–Trinajstić information content (AvgIpc) is 3.02. The van der Waals surface area contributed by atoms with Gasteiger partial charge in [0.15, 0.2) is 0 Å². The summed E-state index contributed by atoms with van der Waals surface area (Å²) in [6, 6.07) is 11.6. The van der Waals surface area contributed by atoms with Gasteiger partial charge < -0.3 is 14.5 Å². The third-order valence-corrected chi connectivity index (χ3v) is 5.08. The Balaban J connectivity index is 1.66. The molecule has 1 saturated heterocycles. The van der Waals surface area contributed by atoms with Crippen molar-refractivity contribution in [1.82, 2.24) is 4.90 Å². The Bertz CT molecular complexity index is 681. The molecule has 1 aliphatic rings. The first-order valence-corrected chi connectivity index (χ1v) is 8.90. The Morgan fingerprint density at radius 3 is 2.57 bits per heavy atom. The van der Waals surface area contributed by atoms with E-state index in [1.807, 2.05) is 30.0 Å². The summed E-state index contributed by atoms with van der Waals surface area (Å²) >= 11 is 7.26. The number of nitrogens with zero attached hydrogens (tertiary/aromatic N) is 2. The Morgan fingerprint density at radius 2 is 1.91 bits per heavy atom. The molecule has 1 fully saturated rings. The van der Waals surface area contributed by atoms with E-state index in [4.69, 9.17) is 16.3 Å². The summed E-state index contributed by atoms with van der Waals surface area (Å²) in [5.41, 5.74) is 1.10. The topological polar surface area (TPSA) is 32.8 Å². The molecule has 1 aliphatic heterocycles. The van der Waals surface area contributed by atoms with Crippen LogP contribution in [-0.4, -0.2) is 43.6 Å². The average molecular weight is 351 g/mol. The standard InChI is InChI=1S/C17H19ClN2O2S/c1-2-22-14-6-4-3-5-13(14)19-9-11-20(12-10-19)17(21)15-7-8-16(18)23-15/h3-8H,2,9-12H2,1H3. The van der Waals surface area contributed by atoms with Crippen molar-refractivity contribution in [1.29, 1.82) is 0 Å². The van der Waals surface area contributed by atoms with Crippen molar-refractivity contribution in [2.24, 2.45) is 0 Å². The highest BCUT2D eigenvalue weighted by atomic mass is 35.5. The lowest BCUT2D eigenvalue weighted by molar-refractivity contribution is 0.0751. The van der Waals surface area contributed by atoms with E-state index in [1.54, 1.807) is 12.1 Å². The van der Waals surface area contributed by atoms with Crippen molar-refractivity contribution in [2.45, 2.75) is 6.92 Å². The summed E-state index contributed by atoms with van der Waals surface area (Å²) in [6.07, 6.45) is 0. The van der Waals surface area contributed by atoms with Gasteiger partial charge in [-0.15, -0.1) is 11.3 Å². The summed E-state index contributed by atoms with van der Waals surface area (Å²) in [5.74, 6) is 0.972. The summed E-state index contributed by atoms with van der Waals surface area (Å²) in [6.45, 7) is 5.64. The lowest BCUT2D eigenvalue weighted by Crippen LogP contribution is -2.48. The van der Waals surface area contributed by atoms with Gasteiger partial charge >= 0.3 is 0 Å². The van der Waals surface area contributed by atoms with E-state index in [2.05, 4.69) is 11.0 Å². The molecule has 0 spiro atoms. The predicted molar refractivity (Wildman–Crippen MR) is 95.1 cm³/mol. The number of hydrogen-bond acceptors (Lipinski definition) is 4. The second-order valence-electron chi connectivity index (χ2n) is 5.28. The first kappa shape index (κ1) is 16.1. The first-order chi connectivity index (χ1) is 11.2. The minimum atomic E-state index is 0.0691. The minimum absolute atomic E-state index is 0.0691. The molecule has 0 bridgehead atoms. The van der Waals surface area contributed by atoms with Crippen molar-refractivity contribution in [3.63, 3.8) is 0 Å². The van der Waals surface area contributed by atoms with Gasteiger partial charge in [-0.05, 0) is 31.2 Å². The predicted octanol–water partition coefficient (Wildman–Crippen LogP) is 3.76. The van der Waals surface area contributed by atoms with E-state index in [1.165, 1.54) is 11.3 Å². The number of carbonyl (C=O) groups is 1. The molecule has 1 aromatic carbocycles. The smallest absolute Gasteiger partial charge is 0.264 e. The Hall–Kier alpha value is -1.72. The molecule has 2 aromatic rings. The largest absolute Gasteiger partial charge is 0.492 e. The van der Waals surface area contributed by atoms with Crippen LogP contribution in [-0.2, 0) is 0 Å². The maximum absolute atomic E-state index is 12.5. The van der Waals surface area contributed by atoms with E-state index in [0.29, 0.717) is 28.9 Å². The number of amides is 1. The fourth-order valence-corrected chi connectivity index (χ4v) is 3.74. The quantitative estimate of drug-likeness (QED) is 0.841. The number of piperazine rings is 1. The number of rotatable bonds is 4. The highest BCUT2D eigenvalue weighted by Crippen LogP contribution is 2.29. The number of halogens is 1. The van der Waals surface area contributed by atoms with Gasteiger partial charge in [-0.3, -0.25) is 4.79 Å². The zero-order valence-corrected chi connectivity index (χ0v) is 14.6. The van der Waals surface area contributed by atoms with E-state index < -0.39 is 0 Å². The second-order valence-corrected chi connectivity index (χ2v) is 7.00. The SMILES string of the molecule is CCOc1ccccc1N1CCN(C(=O)c2ccc(Cl)s2)CC1. The van der Waals surface area contributed by atoms with Gasteiger partial charge in [-0.2, -0.15) is 0 Å². The van der Waals surface area contributed by atoms with Crippen LogP contribution in [0.15, 0.2) is 36.4 Å². The molecule has 0 aliphatic carbocycles. The fourth-order valence-electron chi connectivity index (χ4n) is 2.73. The Labute approximate surface area is 145 Å². The second kappa shape index (κ2) is 7.23. The number of hydrogen-bond donors (Lipinski definition) is 0. The van der Waals surface area contributed by atoms with Gasteiger partial charge in [0.05, 0.1) is 21.5 Å². The number of benzene rings is 1. The molecule has 0 atom stereocenters. The molecule has 0 N–H and O–H groups in total. The monoisotopic (exact) mass is 350 g/mol. The molecular formula is C17H19ClN2O2S. The molecule has 23 heavy (non-hydrogen) atoms. The van der Waals surface area contributed by atoms with Gasteiger partial charge in [0.1, 0.15) is 5.75 Å². The highest BCUT2D eigenvalue weighted by molar-refractivity contribution is 7.17.